The Kier molecular flexibility index (Phi) is 3.25. The maximum atomic E-state index is 9.10. The Labute approximate surface area is 102 Å². The zero-order valence-corrected chi connectivity index (χ0v) is 10.3. The fourth-order valence-electron chi connectivity index (χ4n) is 1.99. The van der Waals surface area contributed by atoms with E-state index in [9.17, 15) is 0 Å². The summed E-state index contributed by atoms with van der Waals surface area (Å²) in [5.41, 5.74) is -0.385. The van der Waals surface area contributed by atoms with Gasteiger partial charge in [-0.05, 0) is 19.9 Å². The van der Waals surface area contributed by atoms with Crippen LogP contribution in [0.5, 0.6) is 0 Å². The second-order valence-corrected chi connectivity index (χ2v) is 4.69. The van der Waals surface area contributed by atoms with E-state index in [1.807, 2.05) is 19.9 Å². The maximum Gasteiger partial charge on any atom is 0.225 e. The Morgan fingerprint density at radius 2 is 1.76 bits per heavy atom. The third kappa shape index (κ3) is 2.53. The second-order valence-electron chi connectivity index (χ2n) is 4.69. The third-order valence-corrected chi connectivity index (χ3v) is 3.18. The van der Waals surface area contributed by atoms with Crippen LogP contribution in [-0.4, -0.2) is 46.6 Å². The molecule has 17 heavy (non-hydrogen) atoms. The number of nitrogens with zero attached hydrogens (tertiary/aromatic N) is 5. The van der Waals surface area contributed by atoms with Gasteiger partial charge in [0.15, 0.2) is 0 Å². The molecule has 0 amide bonds. The van der Waals surface area contributed by atoms with Crippen molar-refractivity contribution < 1.29 is 0 Å². The van der Waals surface area contributed by atoms with Crippen LogP contribution in [0.15, 0.2) is 18.5 Å². The van der Waals surface area contributed by atoms with Gasteiger partial charge in [0.25, 0.3) is 0 Å². The van der Waals surface area contributed by atoms with Crippen LogP contribution in [0.1, 0.15) is 13.8 Å². The van der Waals surface area contributed by atoms with E-state index in [-0.39, 0.29) is 5.54 Å². The first kappa shape index (κ1) is 11.8. The van der Waals surface area contributed by atoms with Crippen LogP contribution in [0.25, 0.3) is 0 Å². The molecule has 0 atom stereocenters. The minimum Gasteiger partial charge on any atom is -0.338 e. The molecule has 2 rings (SSSR count). The second kappa shape index (κ2) is 4.68. The van der Waals surface area contributed by atoms with E-state index < -0.39 is 0 Å². The summed E-state index contributed by atoms with van der Waals surface area (Å²) in [5.74, 6) is 0.780. The lowest BCUT2D eigenvalue weighted by atomic mass is 10.0. The summed E-state index contributed by atoms with van der Waals surface area (Å²) in [6.45, 7) is 7.41. The summed E-state index contributed by atoms with van der Waals surface area (Å²) in [4.78, 5) is 12.8. The van der Waals surface area contributed by atoms with Crippen molar-refractivity contribution in [2.24, 2.45) is 0 Å². The number of hydrogen-bond acceptors (Lipinski definition) is 5. The van der Waals surface area contributed by atoms with Crippen molar-refractivity contribution in [2.75, 3.05) is 31.1 Å². The van der Waals surface area contributed by atoms with Crippen molar-refractivity contribution in [1.82, 2.24) is 14.9 Å². The van der Waals surface area contributed by atoms with Gasteiger partial charge in [-0.1, -0.05) is 0 Å². The highest BCUT2D eigenvalue weighted by Crippen LogP contribution is 2.17. The van der Waals surface area contributed by atoms with Crippen molar-refractivity contribution in [1.29, 1.82) is 5.26 Å². The van der Waals surface area contributed by atoms with Crippen LogP contribution < -0.4 is 4.90 Å². The molecular formula is C12H17N5. The monoisotopic (exact) mass is 231 g/mol. The topological polar surface area (TPSA) is 56.1 Å². The van der Waals surface area contributed by atoms with Crippen LogP contribution >= 0.6 is 0 Å². The molecule has 2 heterocycles. The number of piperazine rings is 1. The molecule has 0 aliphatic carbocycles. The van der Waals surface area contributed by atoms with Gasteiger partial charge < -0.3 is 4.90 Å². The van der Waals surface area contributed by atoms with E-state index in [1.54, 1.807) is 12.4 Å². The fourth-order valence-corrected chi connectivity index (χ4v) is 1.99. The van der Waals surface area contributed by atoms with E-state index in [1.165, 1.54) is 0 Å². The van der Waals surface area contributed by atoms with Crippen LogP contribution in [0.3, 0.4) is 0 Å². The van der Waals surface area contributed by atoms with Gasteiger partial charge in [0.1, 0.15) is 5.54 Å². The SMILES string of the molecule is CC(C)(C#N)N1CCN(c2ncccn2)CC1. The molecular weight excluding hydrogens is 214 g/mol. The van der Waals surface area contributed by atoms with Gasteiger partial charge in [-0.15, -0.1) is 0 Å². The highest BCUT2D eigenvalue weighted by Gasteiger charge is 2.30. The molecule has 0 saturated carbocycles. The van der Waals surface area contributed by atoms with Crippen molar-refractivity contribution in [3.05, 3.63) is 18.5 Å². The molecule has 1 aliphatic heterocycles. The number of nitriles is 1. The minimum atomic E-state index is -0.385. The molecule has 0 bridgehead atoms. The van der Waals surface area contributed by atoms with Gasteiger partial charge in [-0.25, -0.2) is 9.97 Å². The summed E-state index contributed by atoms with van der Waals surface area (Å²) < 4.78 is 0. The minimum absolute atomic E-state index is 0.385. The average molecular weight is 231 g/mol. The quantitative estimate of drug-likeness (QED) is 0.757. The van der Waals surface area contributed by atoms with E-state index in [0.717, 1.165) is 32.1 Å². The molecule has 0 aromatic carbocycles. The predicted molar refractivity (Wildman–Crippen MR) is 65.5 cm³/mol. The van der Waals surface area contributed by atoms with Crippen LogP contribution in [0.2, 0.25) is 0 Å². The lowest BCUT2D eigenvalue weighted by Crippen LogP contribution is -2.54. The normalized spacial score (nSPS) is 17.8. The van der Waals surface area contributed by atoms with Gasteiger partial charge in [0, 0.05) is 38.6 Å². The zero-order chi connectivity index (χ0) is 12.3. The van der Waals surface area contributed by atoms with E-state index >= 15 is 0 Å². The van der Waals surface area contributed by atoms with E-state index in [0.29, 0.717) is 0 Å². The van der Waals surface area contributed by atoms with Crippen molar-refractivity contribution in [3.8, 4) is 6.07 Å². The first-order valence-corrected chi connectivity index (χ1v) is 5.82. The van der Waals surface area contributed by atoms with Gasteiger partial charge in [0.2, 0.25) is 5.95 Å². The van der Waals surface area contributed by atoms with E-state index in [4.69, 9.17) is 5.26 Å². The Bertz CT molecular complexity index is 401. The highest BCUT2D eigenvalue weighted by molar-refractivity contribution is 5.29. The summed E-state index contributed by atoms with van der Waals surface area (Å²) in [5, 5.41) is 9.10. The molecule has 1 fully saturated rings. The third-order valence-electron chi connectivity index (χ3n) is 3.18. The molecule has 1 aliphatic rings. The van der Waals surface area contributed by atoms with Gasteiger partial charge in [-0.2, -0.15) is 5.26 Å². The number of hydrogen-bond donors (Lipinski definition) is 0. The van der Waals surface area contributed by atoms with E-state index in [2.05, 4.69) is 25.8 Å². The molecule has 5 nitrogen and oxygen atoms in total. The summed E-state index contributed by atoms with van der Waals surface area (Å²) in [6, 6.07) is 4.16. The first-order valence-electron chi connectivity index (χ1n) is 5.82. The fraction of sp³-hybridized carbons (Fsp3) is 0.583. The zero-order valence-electron chi connectivity index (χ0n) is 10.3. The van der Waals surface area contributed by atoms with Crippen molar-refractivity contribution in [2.45, 2.75) is 19.4 Å². The van der Waals surface area contributed by atoms with Crippen LogP contribution in [0.4, 0.5) is 5.95 Å². The smallest absolute Gasteiger partial charge is 0.225 e. The molecule has 0 unspecified atom stereocenters. The lowest BCUT2D eigenvalue weighted by Gasteiger charge is -2.40. The van der Waals surface area contributed by atoms with Crippen LogP contribution in [-0.2, 0) is 0 Å². The summed E-state index contributed by atoms with van der Waals surface area (Å²) in [6.07, 6.45) is 3.52. The molecule has 1 saturated heterocycles. The largest absolute Gasteiger partial charge is 0.338 e. The average Bonchev–Trinajstić information content (AvgIpc) is 2.40. The first-order chi connectivity index (χ1) is 8.13. The summed E-state index contributed by atoms with van der Waals surface area (Å²) >= 11 is 0. The number of rotatable bonds is 2. The van der Waals surface area contributed by atoms with Gasteiger partial charge in [-0.3, -0.25) is 4.90 Å². The maximum absolute atomic E-state index is 9.10. The standard InChI is InChI=1S/C12H17N5/c1-12(2,10-13)17-8-6-16(7-9-17)11-14-4-3-5-15-11/h3-5H,6-9H2,1-2H3. The molecule has 1 aromatic heterocycles. The Balaban J connectivity index is 1.98. The lowest BCUT2D eigenvalue weighted by molar-refractivity contribution is 0.157. The Morgan fingerprint density at radius 1 is 1.18 bits per heavy atom. The molecule has 1 aromatic rings. The molecule has 0 N–H and O–H groups in total. The number of anilines is 1. The Hall–Kier alpha value is -1.67. The van der Waals surface area contributed by atoms with Gasteiger partial charge >= 0.3 is 0 Å². The predicted octanol–water partition coefficient (Wildman–Crippen LogP) is 0.901. The summed E-state index contributed by atoms with van der Waals surface area (Å²) in [7, 11) is 0. The van der Waals surface area contributed by atoms with Crippen molar-refractivity contribution in [3.63, 3.8) is 0 Å². The molecule has 0 spiro atoms. The van der Waals surface area contributed by atoms with Gasteiger partial charge in [0.05, 0.1) is 6.07 Å². The van der Waals surface area contributed by atoms with Crippen LogP contribution in [0, 0.1) is 11.3 Å². The molecule has 5 heteroatoms. The highest BCUT2D eigenvalue weighted by atomic mass is 15.3. The van der Waals surface area contributed by atoms with Crippen molar-refractivity contribution >= 4 is 5.95 Å². The Morgan fingerprint density at radius 3 is 2.29 bits per heavy atom. The molecule has 90 valence electrons. The molecule has 0 radical (unpaired) electrons. The number of aromatic nitrogens is 2.